The zero-order valence-corrected chi connectivity index (χ0v) is 25.3. The number of carbonyl (C=O) groups excluding carboxylic acids is 1. The van der Waals surface area contributed by atoms with E-state index in [0.29, 0.717) is 48.7 Å². The Kier molecular flexibility index (Phi) is 11.1. The van der Waals surface area contributed by atoms with Crippen LogP contribution in [-0.4, -0.2) is 59.3 Å². The third-order valence-corrected chi connectivity index (χ3v) is 8.36. The van der Waals surface area contributed by atoms with Crippen molar-refractivity contribution in [1.29, 1.82) is 0 Å². The van der Waals surface area contributed by atoms with Crippen LogP contribution in [0.4, 0.5) is 5.69 Å². The molecule has 0 saturated carbocycles. The van der Waals surface area contributed by atoms with Gasteiger partial charge in [-0.3, -0.25) is 9.59 Å². The summed E-state index contributed by atoms with van der Waals surface area (Å²) in [5.74, 6) is -0.249. The van der Waals surface area contributed by atoms with Crippen LogP contribution in [-0.2, 0) is 25.7 Å². The zero-order chi connectivity index (χ0) is 31.6. The molecular formula is C32H35N5O7S. The largest absolute Gasteiger partial charge is 0.508 e. The van der Waals surface area contributed by atoms with Crippen molar-refractivity contribution in [1.82, 2.24) is 20.2 Å². The Balaban J connectivity index is 1.24. The highest BCUT2D eigenvalue weighted by Crippen LogP contribution is 2.39. The first-order valence-corrected chi connectivity index (χ1v) is 15.7. The van der Waals surface area contributed by atoms with Gasteiger partial charge in [0.25, 0.3) is 0 Å². The van der Waals surface area contributed by atoms with Crippen molar-refractivity contribution in [3.63, 3.8) is 0 Å². The zero-order valence-electron chi connectivity index (χ0n) is 24.5. The van der Waals surface area contributed by atoms with Crippen molar-refractivity contribution in [3.05, 3.63) is 89.5 Å². The molecule has 13 heteroatoms. The molecule has 3 aromatic carbocycles. The van der Waals surface area contributed by atoms with E-state index >= 15 is 0 Å². The molecule has 0 aliphatic carbocycles. The molecule has 1 aliphatic rings. The van der Waals surface area contributed by atoms with Crippen LogP contribution in [0.25, 0.3) is 5.69 Å². The lowest BCUT2D eigenvalue weighted by Gasteiger charge is -2.36. The predicted octanol–water partition coefficient (Wildman–Crippen LogP) is 5.17. The van der Waals surface area contributed by atoms with E-state index in [4.69, 9.17) is 14.6 Å². The fraction of sp³-hybridized carbons (Fsp3) is 0.344. The Labute approximate surface area is 264 Å². The number of unbranched alkanes of at least 4 members (excludes halogenated alkanes) is 2. The summed E-state index contributed by atoms with van der Waals surface area (Å²) in [5.41, 5.74) is 3.94. The van der Waals surface area contributed by atoms with Crippen LogP contribution < -0.4 is 5.32 Å². The van der Waals surface area contributed by atoms with Crippen molar-refractivity contribution >= 4 is 29.3 Å². The van der Waals surface area contributed by atoms with Crippen molar-refractivity contribution in [2.75, 3.05) is 11.1 Å². The number of carboxylic acid groups (broad SMARTS) is 1. The number of hydrogen-bond acceptors (Lipinski definition) is 10. The van der Waals surface area contributed by atoms with Gasteiger partial charge in [0, 0.05) is 36.3 Å². The maximum Gasteiger partial charge on any atom is 0.303 e. The summed E-state index contributed by atoms with van der Waals surface area (Å²) < 4.78 is 14.5. The average Bonchev–Trinajstić information content (AvgIpc) is 3.53. The lowest BCUT2D eigenvalue weighted by Crippen LogP contribution is -2.31. The van der Waals surface area contributed by atoms with Crippen LogP contribution in [0.3, 0.4) is 0 Å². The molecule has 1 fully saturated rings. The van der Waals surface area contributed by atoms with Crippen LogP contribution in [0.1, 0.15) is 67.6 Å². The van der Waals surface area contributed by atoms with Gasteiger partial charge in [-0.05, 0) is 70.8 Å². The van der Waals surface area contributed by atoms with E-state index in [0.717, 1.165) is 22.4 Å². The van der Waals surface area contributed by atoms with Gasteiger partial charge in [-0.25, -0.2) is 0 Å². The maximum atomic E-state index is 12.4. The number of rotatable bonds is 14. The SMILES string of the molecule is O=C(O)CCCCCC(=O)Nc1ccc([C@H]2O[C@@H](CSc3nnnn3-c3ccc(O)cc3)C[C@@H](c3ccc(CO)cc3)O2)cc1. The Morgan fingerprint density at radius 2 is 1.62 bits per heavy atom. The van der Waals surface area contributed by atoms with Gasteiger partial charge in [-0.1, -0.05) is 54.6 Å². The van der Waals surface area contributed by atoms with Gasteiger partial charge < -0.3 is 30.1 Å². The maximum absolute atomic E-state index is 12.4. The summed E-state index contributed by atoms with van der Waals surface area (Å²) in [7, 11) is 0. The molecule has 1 saturated heterocycles. The average molecular weight is 634 g/mol. The molecule has 0 unspecified atom stereocenters. The number of nitrogens with one attached hydrogen (secondary N) is 1. The summed E-state index contributed by atoms with van der Waals surface area (Å²) in [5, 5.41) is 43.4. The number of anilines is 1. The number of aromatic hydroxyl groups is 1. The second-order valence-electron chi connectivity index (χ2n) is 10.7. The minimum Gasteiger partial charge on any atom is -0.508 e. The normalized spacial score (nSPS) is 18.0. The molecule has 5 rings (SSSR count). The molecule has 0 radical (unpaired) electrons. The van der Waals surface area contributed by atoms with Crippen LogP contribution in [0, 0.1) is 0 Å². The summed E-state index contributed by atoms with van der Waals surface area (Å²) in [6.45, 7) is -0.0415. The molecule has 4 N–H and O–H groups in total. The summed E-state index contributed by atoms with van der Waals surface area (Å²) in [6, 6.07) is 21.6. The molecule has 0 bridgehead atoms. The number of thioether (sulfide) groups is 1. The predicted molar refractivity (Wildman–Crippen MR) is 166 cm³/mol. The standard InChI is InChI=1S/C32H35N5O7S/c38-19-21-6-8-22(9-7-21)28-18-27(20-45-32-34-35-36-37(32)25-14-16-26(39)17-15-25)43-31(44-28)23-10-12-24(13-11-23)33-29(40)4-2-1-3-5-30(41)42/h6-17,27-28,31,38-39H,1-5,18-20H2,(H,33,40)(H,41,42)/t27-,28+,31+/m1/s1. The number of phenols is 1. The molecule has 3 atom stereocenters. The van der Waals surface area contributed by atoms with E-state index < -0.39 is 12.3 Å². The van der Waals surface area contributed by atoms with E-state index in [1.54, 1.807) is 41.1 Å². The highest BCUT2D eigenvalue weighted by atomic mass is 32.2. The highest BCUT2D eigenvalue weighted by Gasteiger charge is 2.32. The lowest BCUT2D eigenvalue weighted by atomic mass is 10.0. The van der Waals surface area contributed by atoms with Gasteiger partial charge in [0.1, 0.15) is 5.75 Å². The monoisotopic (exact) mass is 633 g/mol. The Morgan fingerprint density at radius 3 is 2.33 bits per heavy atom. The molecule has 1 aliphatic heterocycles. The first-order chi connectivity index (χ1) is 21.9. The Bertz CT molecular complexity index is 1550. The third-order valence-electron chi connectivity index (χ3n) is 7.31. The van der Waals surface area contributed by atoms with Crippen molar-refractivity contribution in [2.24, 2.45) is 0 Å². The molecule has 236 valence electrons. The second-order valence-corrected chi connectivity index (χ2v) is 11.7. The summed E-state index contributed by atoms with van der Waals surface area (Å²) in [4.78, 5) is 23.0. The minimum atomic E-state index is -0.825. The van der Waals surface area contributed by atoms with Gasteiger partial charge in [0.15, 0.2) is 6.29 Å². The van der Waals surface area contributed by atoms with Crippen LogP contribution in [0.15, 0.2) is 78.0 Å². The van der Waals surface area contributed by atoms with Crippen molar-refractivity contribution < 1.29 is 34.4 Å². The van der Waals surface area contributed by atoms with Crippen molar-refractivity contribution in [2.45, 2.75) is 68.8 Å². The highest BCUT2D eigenvalue weighted by molar-refractivity contribution is 7.99. The number of amides is 1. The summed E-state index contributed by atoms with van der Waals surface area (Å²) >= 11 is 1.45. The number of carboxylic acids is 1. The number of aromatic nitrogens is 4. The van der Waals surface area contributed by atoms with Gasteiger partial charge in [-0.2, -0.15) is 4.68 Å². The number of aliphatic carboxylic acids is 1. The quantitative estimate of drug-likeness (QED) is 0.107. The smallest absolute Gasteiger partial charge is 0.303 e. The first-order valence-electron chi connectivity index (χ1n) is 14.7. The number of tetrazole rings is 1. The Hall–Kier alpha value is -4.30. The fourth-order valence-corrected chi connectivity index (χ4v) is 5.81. The molecule has 0 spiro atoms. The van der Waals surface area contributed by atoms with Gasteiger partial charge >= 0.3 is 5.97 Å². The molecule has 4 aromatic rings. The lowest BCUT2D eigenvalue weighted by molar-refractivity contribution is -0.245. The van der Waals surface area contributed by atoms with Gasteiger partial charge in [-0.15, -0.1) is 5.10 Å². The first kappa shape index (κ1) is 32.1. The number of benzene rings is 3. The fourth-order valence-electron chi connectivity index (χ4n) is 4.90. The molecule has 1 aromatic heterocycles. The second kappa shape index (κ2) is 15.6. The van der Waals surface area contributed by atoms with Crippen LogP contribution in [0.2, 0.25) is 0 Å². The van der Waals surface area contributed by atoms with Gasteiger partial charge in [0.05, 0.1) is 24.5 Å². The number of nitrogens with zero attached hydrogens (tertiary/aromatic N) is 4. The van der Waals surface area contributed by atoms with E-state index in [9.17, 15) is 19.8 Å². The topological polar surface area (TPSA) is 169 Å². The number of aliphatic hydroxyl groups is 1. The molecule has 1 amide bonds. The molecular weight excluding hydrogens is 598 g/mol. The van der Waals surface area contributed by atoms with E-state index in [1.165, 1.54) is 11.8 Å². The van der Waals surface area contributed by atoms with Crippen LogP contribution in [0.5, 0.6) is 5.75 Å². The van der Waals surface area contributed by atoms with Crippen LogP contribution >= 0.6 is 11.8 Å². The van der Waals surface area contributed by atoms with E-state index in [-0.39, 0.29) is 36.9 Å². The number of phenolic OH excluding ortho intramolecular Hbond substituents is 1. The number of hydrogen-bond donors (Lipinski definition) is 4. The number of carbonyl (C=O) groups is 2. The van der Waals surface area contributed by atoms with Crippen molar-refractivity contribution in [3.8, 4) is 11.4 Å². The van der Waals surface area contributed by atoms with E-state index in [2.05, 4.69) is 20.8 Å². The molecule has 12 nitrogen and oxygen atoms in total. The number of aliphatic hydroxyl groups excluding tert-OH is 1. The Morgan fingerprint density at radius 1 is 0.911 bits per heavy atom. The van der Waals surface area contributed by atoms with Gasteiger partial charge in [0.2, 0.25) is 11.1 Å². The van der Waals surface area contributed by atoms with E-state index in [1.807, 2.05) is 36.4 Å². The third kappa shape index (κ3) is 9.11. The molecule has 45 heavy (non-hydrogen) atoms. The minimum absolute atomic E-state index is 0.0415. The number of ether oxygens (including phenoxy) is 2. The molecule has 2 heterocycles. The summed E-state index contributed by atoms with van der Waals surface area (Å²) in [6.07, 6.45) is 1.73.